The lowest BCUT2D eigenvalue weighted by atomic mass is 9.99. The van der Waals surface area contributed by atoms with Gasteiger partial charge in [-0.2, -0.15) is 0 Å². The molecule has 1 heterocycles. The summed E-state index contributed by atoms with van der Waals surface area (Å²) in [5.41, 5.74) is 6.06. The second-order valence-electron chi connectivity index (χ2n) is 8.50. The van der Waals surface area contributed by atoms with Crippen LogP contribution in [0.4, 0.5) is 26.3 Å². The zero-order chi connectivity index (χ0) is 26.0. The third kappa shape index (κ3) is 5.50. The molecule has 0 spiro atoms. The topological polar surface area (TPSA) is 53.7 Å². The maximum atomic E-state index is 14.9. The SMILES string of the molecule is CCC(N)C1COC(c2ccc(-c3cc(F)c(OCc4cc(F)c(F)c(F)c4)c(F)c3)c(F)c2)OC1. The van der Waals surface area contributed by atoms with Crippen LogP contribution in [0.5, 0.6) is 5.75 Å². The van der Waals surface area contributed by atoms with Crippen LogP contribution in [0.3, 0.4) is 0 Å². The van der Waals surface area contributed by atoms with Crippen molar-refractivity contribution in [3.63, 3.8) is 0 Å². The van der Waals surface area contributed by atoms with E-state index >= 15 is 0 Å². The van der Waals surface area contributed by atoms with Gasteiger partial charge in [0.2, 0.25) is 0 Å². The average molecular weight is 511 g/mol. The monoisotopic (exact) mass is 511 g/mol. The fourth-order valence-electron chi connectivity index (χ4n) is 3.90. The smallest absolute Gasteiger partial charge is 0.194 e. The standard InChI is InChI=1S/C26H23F6NO3/c1-2-23(33)16-11-35-26(36-12-16)14-3-4-17(18(27)7-14)15-8-21(30)25(22(31)9-15)34-10-13-5-19(28)24(32)20(29)6-13/h3-9,16,23,26H,2,10-12,33H2,1H3. The summed E-state index contributed by atoms with van der Waals surface area (Å²) in [6, 6.07) is 7.01. The first-order valence-electron chi connectivity index (χ1n) is 11.2. The van der Waals surface area contributed by atoms with Crippen molar-refractivity contribution in [2.24, 2.45) is 11.7 Å². The molecule has 36 heavy (non-hydrogen) atoms. The van der Waals surface area contributed by atoms with Crippen LogP contribution >= 0.6 is 0 Å². The van der Waals surface area contributed by atoms with Crippen molar-refractivity contribution >= 4 is 0 Å². The Hall–Kier alpha value is -3.08. The summed E-state index contributed by atoms with van der Waals surface area (Å²) in [5, 5.41) is 0. The molecule has 4 rings (SSSR count). The number of nitrogens with two attached hydrogens (primary N) is 1. The van der Waals surface area contributed by atoms with Crippen LogP contribution in [0.15, 0.2) is 42.5 Å². The highest BCUT2D eigenvalue weighted by molar-refractivity contribution is 5.66. The Morgan fingerprint density at radius 2 is 1.47 bits per heavy atom. The van der Waals surface area contributed by atoms with Crippen molar-refractivity contribution < 1.29 is 40.6 Å². The van der Waals surface area contributed by atoms with Gasteiger partial charge in [0.05, 0.1) is 13.2 Å². The van der Waals surface area contributed by atoms with E-state index in [1.54, 1.807) is 0 Å². The molecule has 0 saturated carbocycles. The minimum Gasteiger partial charge on any atom is -0.483 e. The van der Waals surface area contributed by atoms with Crippen LogP contribution in [0.1, 0.15) is 30.8 Å². The summed E-state index contributed by atoms with van der Waals surface area (Å²) in [5.74, 6) is -8.46. The molecule has 1 unspecified atom stereocenters. The zero-order valence-corrected chi connectivity index (χ0v) is 19.2. The minimum atomic E-state index is -1.67. The van der Waals surface area contributed by atoms with Gasteiger partial charge in [-0.05, 0) is 47.9 Å². The highest BCUT2D eigenvalue weighted by atomic mass is 19.2. The quantitative estimate of drug-likeness (QED) is 0.305. The van der Waals surface area contributed by atoms with Gasteiger partial charge in [0.15, 0.2) is 41.1 Å². The summed E-state index contributed by atoms with van der Waals surface area (Å²) >= 11 is 0. The Bertz CT molecular complexity index is 1200. The van der Waals surface area contributed by atoms with Crippen LogP contribution < -0.4 is 10.5 Å². The van der Waals surface area contributed by atoms with E-state index in [2.05, 4.69) is 0 Å². The van der Waals surface area contributed by atoms with E-state index in [1.165, 1.54) is 12.1 Å². The van der Waals surface area contributed by atoms with Crippen molar-refractivity contribution in [1.82, 2.24) is 0 Å². The van der Waals surface area contributed by atoms with Crippen LogP contribution in [0, 0.1) is 40.8 Å². The van der Waals surface area contributed by atoms with E-state index in [4.69, 9.17) is 19.9 Å². The van der Waals surface area contributed by atoms with Crippen molar-refractivity contribution in [3.05, 3.63) is 88.5 Å². The molecule has 1 aliphatic heterocycles. The highest BCUT2D eigenvalue weighted by Gasteiger charge is 2.27. The second-order valence-corrected chi connectivity index (χ2v) is 8.50. The van der Waals surface area contributed by atoms with Gasteiger partial charge >= 0.3 is 0 Å². The molecule has 2 N–H and O–H groups in total. The molecule has 0 amide bonds. The third-order valence-electron chi connectivity index (χ3n) is 6.00. The predicted octanol–water partition coefficient (Wildman–Crippen LogP) is 6.17. The first-order valence-corrected chi connectivity index (χ1v) is 11.2. The van der Waals surface area contributed by atoms with Crippen LogP contribution in [-0.4, -0.2) is 19.3 Å². The molecular weight excluding hydrogens is 488 g/mol. The van der Waals surface area contributed by atoms with Crippen molar-refractivity contribution in [2.45, 2.75) is 32.3 Å². The Morgan fingerprint density at radius 3 is 2.03 bits per heavy atom. The molecule has 192 valence electrons. The van der Waals surface area contributed by atoms with Crippen LogP contribution in [0.25, 0.3) is 11.1 Å². The Kier molecular flexibility index (Phi) is 7.87. The van der Waals surface area contributed by atoms with E-state index in [0.717, 1.165) is 24.6 Å². The molecule has 3 aromatic carbocycles. The van der Waals surface area contributed by atoms with Crippen LogP contribution in [-0.2, 0) is 16.1 Å². The maximum Gasteiger partial charge on any atom is 0.194 e. The molecule has 0 bridgehead atoms. The predicted molar refractivity (Wildman–Crippen MR) is 119 cm³/mol. The van der Waals surface area contributed by atoms with Gasteiger partial charge in [-0.3, -0.25) is 0 Å². The number of benzene rings is 3. The lowest BCUT2D eigenvalue weighted by Crippen LogP contribution is -2.39. The molecule has 10 heteroatoms. The molecule has 1 aliphatic rings. The minimum absolute atomic E-state index is 0.0307. The summed E-state index contributed by atoms with van der Waals surface area (Å²) in [4.78, 5) is 0. The fraction of sp³-hybridized carbons (Fsp3) is 0.308. The Balaban J connectivity index is 1.48. The van der Waals surface area contributed by atoms with E-state index in [-0.39, 0.29) is 28.7 Å². The van der Waals surface area contributed by atoms with Crippen molar-refractivity contribution in [1.29, 1.82) is 0 Å². The van der Waals surface area contributed by atoms with E-state index < -0.39 is 53.5 Å². The molecule has 0 aromatic heterocycles. The molecule has 1 saturated heterocycles. The molecular formula is C26H23F6NO3. The van der Waals surface area contributed by atoms with Crippen LogP contribution in [0.2, 0.25) is 0 Å². The molecule has 1 fully saturated rings. The highest BCUT2D eigenvalue weighted by Crippen LogP contribution is 2.34. The van der Waals surface area contributed by atoms with Gasteiger partial charge in [-0.15, -0.1) is 0 Å². The Morgan fingerprint density at radius 1 is 0.861 bits per heavy atom. The maximum absolute atomic E-state index is 14.9. The Labute approximate surface area is 203 Å². The number of hydrogen-bond donors (Lipinski definition) is 1. The van der Waals surface area contributed by atoms with E-state index in [1.807, 2.05) is 6.92 Å². The van der Waals surface area contributed by atoms with Gasteiger partial charge in [0.1, 0.15) is 12.4 Å². The first kappa shape index (κ1) is 26.0. The molecule has 4 nitrogen and oxygen atoms in total. The normalized spacial score (nSPS) is 18.8. The number of rotatable bonds is 7. The second kappa shape index (κ2) is 10.9. The van der Waals surface area contributed by atoms with E-state index in [0.29, 0.717) is 30.9 Å². The van der Waals surface area contributed by atoms with Gasteiger partial charge in [-0.25, -0.2) is 26.3 Å². The zero-order valence-electron chi connectivity index (χ0n) is 19.2. The van der Waals surface area contributed by atoms with Crippen molar-refractivity contribution in [2.75, 3.05) is 13.2 Å². The molecule has 0 radical (unpaired) electrons. The van der Waals surface area contributed by atoms with Gasteiger partial charge < -0.3 is 19.9 Å². The number of halogens is 6. The van der Waals surface area contributed by atoms with Gasteiger partial charge in [0, 0.05) is 23.1 Å². The summed E-state index contributed by atoms with van der Waals surface area (Å²) < 4.78 is 100. The summed E-state index contributed by atoms with van der Waals surface area (Å²) in [6.07, 6.45) is -0.0229. The fourth-order valence-corrected chi connectivity index (χ4v) is 3.90. The molecule has 1 atom stereocenters. The first-order chi connectivity index (χ1) is 17.2. The summed E-state index contributed by atoms with van der Waals surface area (Å²) in [6.45, 7) is 2.05. The van der Waals surface area contributed by atoms with Gasteiger partial charge in [0.25, 0.3) is 0 Å². The average Bonchev–Trinajstić information content (AvgIpc) is 2.86. The molecule has 3 aromatic rings. The third-order valence-corrected chi connectivity index (χ3v) is 6.00. The lowest BCUT2D eigenvalue weighted by Gasteiger charge is -2.32. The lowest BCUT2D eigenvalue weighted by molar-refractivity contribution is -0.208. The largest absolute Gasteiger partial charge is 0.483 e. The summed E-state index contributed by atoms with van der Waals surface area (Å²) in [7, 11) is 0. The number of ether oxygens (including phenoxy) is 3. The van der Waals surface area contributed by atoms with Crippen molar-refractivity contribution in [3.8, 4) is 16.9 Å². The van der Waals surface area contributed by atoms with E-state index in [9.17, 15) is 26.3 Å². The van der Waals surface area contributed by atoms with Gasteiger partial charge in [-0.1, -0.05) is 19.1 Å². The number of hydrogen-bond acceptors (Lipinski definition) is 4. The molecule has 0 aliphatic carbocycles.